The molecule has 0 unspecified atom stereocenters. The van der Waals surface area contributed by atoms with Gasteiger partial charge in [0.05, 0.1) is 19.8 Å². The SMILES string of the molecule is C=C(C)CNC(N)=NCC(C)(C)N1CCOCC1. The molecular formula is C13H26N4O. The van der Waals surface area contributed by atoms with Crippen LogP contribution in [0.3, 0.4) is 0 Å². The van der Waals surface area contributed by atoms with Crippen LogP contribution in [0.5, 0.6) is 0 Å². The van der Waals surface area contributed by atoms with Gasteiger partial charge in [-0.05, 0) is 20.8 Å². The minimum absolute atomic E-state index is 0.0132. The molecule has 5 nitrogen and oxygen atoms in total. The summed E-state index contributed by atoms with van der Waals surface area (Å²) in [5.74, 6) is 0.485. The van der Waals surface area contributed by atoms with Crippen molar-refractivity contribution in [3.05, 3.63) is 12.2 Å². The molecule has 0 spiro atoms. The van der Waals surface area contributed by atoms with Crippen LogP contribution in [0.15, 0.2) is 17.1 Å². The minimum atomic E-state index is 0.0132. The van der Waals surface area contributed by atoms with Gasteiger partial charge >= 0.3 is 0 Å². The Morgan fingerprint density at radius 2 is 2.06 bits per heavy atom. The first-order chi connectivity index (χ1) is 8.42. The van der Waals surface area contributed by atoms with E-state index in [1.54, 1.807) is 0 Å². The number of nitrogens with one attached hydrogen (secondary N) is 1. The van der Waals surface area contributed by atoms with Gasteiger partial charge in [0.2, 0.25) is 0 Å². The predicted octanol–water partition coefficient (Wildman–Crippen LogP) is 0.578. The second-order valence-corrected chi connectivity index (χ2v) is 5.42. The van der Waals surface area contributed by atoms with Crippen LogP contribution in [0.1, 0.15) is 20.8 Å². The molecule has 0 aromatic carbocycles. The smallest absolute Gasteiger partial charge is 0.188 e. The Labute approximate surface area is 110 Å². The van der Waals surface area contributed by atoms with Crippen LogP contribution in [0, 0.1) is 0 Å². The second-order valence-electron chi connectivity index (χ2n) is 5.42. The van der Waals surface area contributed by atoms with Gasteiger partial charge in [0.25, 0.3) is 0 Å². The number of hydrogen-bond donors (Lipinski definition) is 2. The van der Waals surface area contributed by atoms with E-state index >= 15 is 0 Å². The van der Waals surface area contributed by atoms with Crippen LogP contribution in [0.2, 0.25) is 0 Å². The largest absolute Gasteiger partial charge is 0.379 e. The van der Waals surface area contributed by atoms with Crippen molar-refractivity contribution >= 4 is 5.96 Å². The molecule has 0 bridgehead atoms. The topological polar surface area (TPSA) is 62.9 Å². The van der Waals surface area contributed by atoms with Crippen LogP contribution in [-0.2, 0) is 4.74 Å². The third kappa shape index (κ3) is 5.06. The lowest BCUT2D eigenvalue weighted by Crippen LogP contribution is -2.52. The lowest BCUT2D eigenvalue weighted by Gasteiger charge is -2.39. The van der Waals surface area contributed by atoms with Gasteiger partial charge in [0, 0.05) is 25.2 Å². The molecule has 1 saturated heterocycles. The van der Waals surface area contributed by atoms with Crippen molar-refractivity contribution in [2.75, 3.05) is 39.4 Å². The molecule has 1 fully saturated rings. The first-order valence-corrected chi connectivity index (χ1v) is 6.43. The first kappa shape index (κ1) is 15.0. The zero-order valence-corrected chi connectivity index (χ0v) is 11.8. The average Bonchev–Trinajstić information content (AvgIpc) is 2.35. The molecule has 1 aliphatic rings. The highest BCUT2D eigenvalue weighted by Crippen LogP contribution is 2.16. The molecule has 5 heteroatoms. The van der Waals surface area contributed by atoms with Crippen molar-refractivity contribution in [2.45, 2.75) is 26.3 Å². The maximum Gasteiger partial charge on any atom is 0.188 e. The molecule has 0 aromatic heterocycles. The summed E-state index contributed by atoms with van der Waals surface area (Å²) in [6.45, 7) is 15.0. The molecule has 0 aromatic rings. The van der Waals surface area contributed by atoms with Gasteiger partial charge in [0.15, 0.2) is 5.96 Å². The number of nitrogens with two attached hydrogens (primary N) is 1. The number of ether oxygens (including phenoxy) is 1. The first-order valence-electron chi connectivity index (χ1n) is 6.43. The van der Waals surface area contributed by atoms with Gasteiger partial charge in [-0.15, -0.1) is 0 Å². The number of aliphatic imine (C=N–C) groups is 1. The van der Waals surface area contributed by atoms with E-state index in [-0.39, 0.29) is 5.54 Å². The van der Waals surface area contributed by atoms with Crippen LogP contribution < -0.4 is 11.1 Å². The summed E-state index contributed by atoms with van der Waals surface area (Å²) in [5.41, 5.74) is 6.87. The molecule has 18 heavy (non-hydrogen) atoms. The maximum absolute atomic E-state index is 5.81. The summed E-state index contributed by atoms with van der Waals surface area (Å²) in [7, 11) is 0. The number of morpholine rings is 1. The molecule has 0 radical (unpaired) electrons. The molecule has 0 saturated carbocycles. The number of guanidine groups is 1. The Bertz CT molecular complexity index is 306. The van der Waals surface area contributed by atoms with Gasteiger partial charge in [0.1, 0.15) is 0 Å². The highest BCUT2D eigenvalue weighted by Gasteiger charge is 2.27. The standard InChI is InChI=1S/C13H26N4O/c1-11(2)9-15-12(14)16-10-13(3,4)17-5-7-18-8-6-17/h1,5-10H2,2-4H3,(H3,14,15,16). The summed E-state index contributed by atoms with van der Waals surface area (Å²) in [5, 5.41) is 3.04. The van der Waals surface area contributed by atoms with Crippen LogP contribution >= 0.6 is 0 Å². The molecule has 0 amide bonds. The lowest BCUT2D eigenvalue weighted by molar-refractivity contribution is -0.00682. The summed E-state index contributed by atoms with van der Waals surface area (Å²) in [6.07, 6.45) is 0. The van der Waals surface area contributed by atoms with Crippen molar-refractivity contribution in [1.82, 2.24) is 10.2 Å². The Kier molecular flexibility index (Phi) is 5.62. The van der Waals surface area contributed by atoms with Gasteiger partial charge in [-0.3, -0.25) is 9.89 Å². The van der Waals surface area contributed by atoms with Crippen molar-refractivity contribution in [2.24, 2.45) is 10.7 Å². The predicted molar refractivity (Wildman–Crippen MR) is 75.8 cm³/mol. The van der Waals surface area contributed by atoms with Gasteiger partial charge in [-0.25, -0.2) is 0 Å². The fourth-order valence-corrected chi connectivity index (χ4v) is 1.84. The Balaban J connectivity index is 2.43. The quantitative estimate of drug-likeness (QED) is 0.428. The third-order valence-electron chi connectivity index (χ3n) is 3.07. The Hall–Kier alpha value is -1.07. The van der Waals surface area contributed by atoms with E-state index in [1.807, 2.05) is 6.92 Å². The molecule has 104 valence electrons. The molecule has 3 N–H and O–H groups in total. The Morgan fingerprint density at radius 3 is 2.61 bits per heavy atom. The van der Waals surface area contributed by atoms with E-state index in [2.05, 4.69) is 35.6 Å². The third-order valence-corrected chi connectivity index (χ3v) is 3.07. The van der Waals surface area contributed by atoms with Crippen molar-refractivity contribution in [3.63, 3.8) is 0 Å². The van der Waals surface area contributed by atoms with Gasteiger partial charge < -0.3 is 15.8 Å². The summed E-state index contributed by atoms with van der Waals surface area (Å²) < 4.78 is 5.36. The fraction of sp³-hybridized carbons (Fsp3) is 0.769. The maximum atomic E-state index is 5.81. The minimum Gasteiger partial charge on any atom is -0.379 e. The van der Waals surface area contributed by atoms with Crippen LogP contribution in [0.4, 0.5) is 0 Å². The molecule has 0 aliphatic carbocycles. The molecule has 0 atom stereocenters. The van der Waals surface area contributed by atoms with Crippen LogP contribution in [-0.4, -0.2) is 55.8 Å². The highest BCUT2D eigenvalue weighted by atomic mass is 16.5. The van der Waals surface area contributed by atoms with Crippen molar-refractivity contribution < 1.29 is 4.74 Å². The second kappa shape index (κ2) is 6.75. The fourth-order valence-electron chi connectivity index (χ4n) is 1.84. The number of nitrogens with zero attached hydrogens (tertiary/aromatic N) is 2. The molecule has 1 rings (SSSR count). The summed E-state index contributed by atoms with van der Waals surface area (Å²) >= 11 is 0. The van der Waals surface area contributed by atoms with Gasteiger partial charge in [-0.2, -0.15) is 0 Å². The number of rotatable bonds is 5. The van der Waals surface area contributed by atoms with E-state index in [9.17, 15) is 0 Å². The van der Waals surface area contributed by atoms with E-state index in [0.717, 1.165) is 31.9 Å². The van der Waals surface area contributed by atoms with Gasteiger partial charge in [-0.1, -0.05) is 12.2 Å². The molecule has 1 aliphatic heterocycles. The average molecular weight is 254 g/mol. The van der Waals surface area contributed by atoms with E-state index in [0.29, 0.717) is 19.0 Å². The normalized spacial score (nSPS) is 18.7. The molecular weight excluding hydrogens is 228 g/mol. The van der Waals surface area contributed by atoms with E-state index in [4.69, 9.17) is 10.5 Å². The van der Waals surface area contributed by atoms with Crippen molar-refractivity contribution in [3.8, 4) is 0 Å². The van der Waals surface area contributed by atoms with E-state index < -0.39 is 0 Å². The zero-order chi connectivity index (χ0) is 13.6. The van der Waals surface area contributed by atoms with E-state index in [1.165, 1.54) is 0 Å². The summed E-state index contributed by atoms with van der Waals surface area (Å²) in [4.78, 5) is 6.80. The van der Waals surface area contributed by atoms with Crippen LogP contribution in [0.25, 0.3) is 0 Å². The zero-order valence-electron chi connectivity index (χ0n) is 11.8. The highest BCUT2D eigenvalue weighted by molar-refractivity contribution is 5.78. The number of hydrogen-bond acceptors (Lipinski definition) is 3. The summed E-state index contributed by atoms with van der Waals surface area (Å²) in [6, 6.07) is 0. The lowest BCUT2D eigenvalue weighted by atomic mass is 10.0. The monoisotopic (exact) mass is 254 g/mol. The van der Waals surface area contributed by atoms with Crippen molar-refractivity contribution in [1.29, 1.82) is 0 Å². The Morgan fingerprint density at radius 1 is 1.44 bits per heavy atom. The molecule has 1 heterocycles.